The molecule has 2 N–H and O–H groups in total. The van der Waals surface area contributed by atoms with E-state index >= 15 is 0 Å². The molecule has 3 heteroatoms. The molecule has 0 saturated carbocycles. The summed E-state index contributed by atoms with van der Waals surface area (Å²) in [5.74, 6) is 0. The van der Waals surface area contributed by atoms with E-state index in [1.165, 1.54) is 25.3 Å². The molecule has 1 nitrogen and oxygen atoms in total. The molecule has 1 unspecified atom stereocenters. The number of halogens is 1. The smallest absolute Gasteiger partial charge is 0.159 e. The standard InChI is InChI=1S/C8H17ClSi.H2O/c1-8(2)6-4-5-7-10(8,3)9;/h4-7H2,1-3H3;1H2. The SMILES string of the molecule is CC1(C)CCCC[Si]1(C)Cl.O. The van der Waals surface area contributed by atoms with Gasteiger partial charge in [-0.15, -0.1) is 0 Å². The van der Waals surface area contributed by atoms with Crippen LogP contribution in [-0.4, -0.2) is 12.9 Å². The minimum absolute atomic E-state index is 0. The molecule has 1 aliphatic rings. The van der Waals surface area contributed by atoms with Crippen LogP contribution in [0.4, 0.5) is 0 Å². The van der Waals surface area contributed by atoms with Crippen molar-refractivity contribution in [2.45, 2.75) is 50.7 Å². The molecule has 1 heterocycles. The molecule has 1 aliphatic heterocycles. The molecule has 1 saturated heterocycles. The first-order chi connectivity index (χ1) is 4.46. The summed E-state index contributed by atoms with van der Waals surface area (Å²) in [6.07, 6.45) is 4.11. The number of hydrogen-bond donors (Lipinski definition) is 0. The lowest BCUT2D eigenvalue weighted by Crippen LogP contribution is -2.38. The summed E-state index contributed by atoms with van der Waals surface area (Å²) in [5.41, 5.74) is 0. The van der Waals surface area contributed by atoms with Crippen molar-refractivity contribution in [2.75, 3.05) is 0 Å². The van der Waals surface area contributed by atoms with Gasteiger partial charge in [-0.1, -0.05) is 33.2 Å². The van der Waals surface area contributed by atoms with Crippen molar-refractivity contribution in [1.82, 2.24) is 0 Å². The largest absolute Gasteiger partial charge is 0.412 e. The van der Waals surface area contributed by atoms with Crippen LogP contribution in [0.1, 0.15) is 33.1 Å². The predicted octanol–water partition coefficient (Wildman–Crippen LogP) is 2.94. The van der Waals surface area contributed by atoms with Gasteiger partial charge < -0.3 is 5.48 Å². The van der Waals surface area contributed by atoms with Crippen molar-refractivity contribution in [3.8, 4) is 0 Å². The third-order valence-electron chi connectivity index (χ3n) is 3.11. The maximum absolute atomic E-state index is 6.50. The van der Waals surface area contributed by atoms with Crippen LogP contribution in [0.3, 0.4) is 0 Å². The Hall–Kier alpha value is 0.467. The van der Waals surface area contributed by atoms with Gasteiger partial charge in [0.2, 0.25) is 0 Å². The van der Waals surface area contributed by atoms with Gasteiger partial charge in [0.25, 0.3) is 0 Å². The first-order valence-electron chi connectivity index (χ1n) is 4.15. The van der Waals surface area contributed by atoms with Gasteiger partial charge in [0.05, 0.1) is 0 Å². The number of hydrogen-bond acceptors (Lipinski definition) is 0. The van der Waals surface area contributed by atoms with E-state index in [0.717, 1.165) is 0 Å². The highest BCUT2D eigenvalue weighted by molar-refractivity contribution is 7.21. The molecule has 1 fully saturated rings. The fourth-order valence-corrected chi connectivity index (χ4v) is 4.60. The average molecular weight is 195 g/mol. The minimum Gasteiger partial charge on any atom is -0.412 e. The molecular weight excluding hydrogens is 176 g/mol. The Balaban J connectivity index is 0.000001000. The van der Waals surface area contributed by atoms with Gasteiger partial charge in [-0.05, 0) is 17.5 Å². The van der Waals surface area contributed by atoms with E-state index in [1.807, 2.05) is 0 Å². The second kappa shape index (κ2) is 3.46. The molecule has 0 aromatic heterocycles. The van der Waals surface area contributed by atoms with Crippen LogP contribution in [0.5, 0.6) is 0 Å². The summed E-state index contributed by atoms with van der Waals surface area (Å²) < 4.78 is 0. The molecule has 0 radical (unpaired) electrons. The maximum Gasteiger partial charge on any atom is 0.159 e. The van der Waals surface area contributed by atoms with E-state index in [2.05, 4.69) is 20.4 Å². The van der Waals surface area contributed by atoms with E-state index < -0.39 is 7.38 Å². The maximum atomic E-state index is 6.50. The van der Waals surface area contributed by atoms with Crippen molar-refractivity contribution in [1.29, 1.82) is 0 Å². The summed E-state index contributed by atoms with van der Waals surface area (Å²) in [7, 11) is -1.35. The van der Waals surface area contributed by atoms with E-state index in [0.29, 0.717) is 5.04 Å². The van der Waals surface area contributed by atoms with Crippen LogP contribution in [0.15, 0.2) is 0 Å². The van der Waals surface area contributed by atoms with Crippen LogP contribution in [0, 0.1) is 0 Å². The third kappa shape index (κ3) is 2.20. The Morgan fingerprint density at radius 1 is 1.27 bits per heavy atom. The van der Waals surface area contributed by atoms with Crippen molar-refractivity contribution in [3.63, 3.8) is 0 Å². The normalized spacial score (nSPS) is 36.0. The minimum atomic E-state index is -1.35. The van der Waals surface area contributed by atoms with Crippen LogP contribution in [-0.2, 0) is 0 Å². The lowest BCUT2D eigenvalue weighted by Gasteiger charge is -2.41. The highest BCUT2D eigenvalue weighted by Crippen LogP contribution is 2.50. The Morgan fingerprint density at radius 3 is 2.09 bits per heavy atom. The highest BCUT2D eigenvalue weighted by Gasteiger charge is 2.43. The van der Waals surface area contributed by atoms with Crippen LogP contribution in [0.25, 0.3) is 0 Å². The van der Waals surface area contributed by atoms with E-state index in [1.54, 1.807) is 0 Å². The molecular formula is C8H19ClOSi. The predicted molar refractivity (Wildman–Crippen MR) is 53.8 cm³/mol. The molecule has 68 valence electrons. The first kappa shape index (κ1) is 11.5. The second-order valence-corrected chi connectivity index (χ2v) is 11.0. The molecule has 0 aromatic rings. The first-order valence-corrected chi connectivity index (χ1v) is 7.87. The molecule has 0 amide bonds. The van der Waals surface area contributed by atoms with Crippen molar-refractivity contribution in [2.24, 2.45) is 0 Å². The molecule has 0 aromatic carbocycles. The highest BCUT2D eigenvalue weighted by atomic mass is 35.6. The van der Waals surface area contributed by atoms with Gasteiger partial charge in [0, 0.05) is 0 Å². The summed E-state index contributed by atoms with van der Waals surface area (Å²) in [6, 6.07) is 1.32. The van der Waals surface area contributed by atoms with E-state index in [-0.39, 0.29) is 5.48 Å². The lowest BCUT2D eigenvalue weighted by molar-refractivity contribution is 0.518. The molecule has 1 atom stereocenters. The molecule has 0 aliphatic carbocycles. The van der Waals surface area contributed by atoms with Gasteiger partial charge in [-0.3, -0.25) is 0 Å². The van der Waals surface area contributed by atoms with Gasteiger partial charge in [-0.25, -0.2) is 0 Å². The summed E-state index contributed by atoms with van der Waals surface area (Å²) in [6.45, 7) is 6.99. The van der Waals surface area contributed by atoms with Crippen LogP contribution < -0.4 is 0 Å². The van der Waals surface area contributed by atoms with Crippen molar-refractivity contribution in [3.05, 3.63) is 0 Å². The van der Waals surface area contributed by atoms with Crippen LogP contribution >= 0.6 is 11.1 Å². The van der Waals surface area contributed by atoms with Crippen LogP contribution in [0.2, 0.25) is 17.6 Å². The zero-order valence-corrected chi connectivity index (χ0v) is 9.46. The van der Waals surface area contributed by atoms with E-state index in [4.69, 9.17) is 11.1 Å². The fourth-order valence-electron chi connectivity index (χ4n) is 1.62. The van der Waals surface area contributed by atoms with E-state index in [9.17, 15) is 0 Å². The number of rotatable bonds is 0. The summed E-state index contributed by atoms with van der Waals surface area (Å²) in [5, 5.41) is 0.479. The third-order valence-corrected chi connectivity index (χ3v) is 9.58. The molecule has 0 spiro atoms. The Kier molecular flexibility index (Phi) is 3.61. The zero-order valence-electron chi connectivity index (χ0n) is 7.71. The summed E-state index contributed by atoms with van der Waals surface area (Å²) in [4.78, 5) is 0. The molecule has 1 rings (SSSR count). The lowest BCUT2D eigenvalue weighted by atomic mass is 10.1. The average Bonchev–Trinajstić information content (AvgIpc) is 1.77. The second-order valence-electron chi connectivity index (χ2n) is 4.29. The Bertz CT molecular complexity index is 118. The van der Waals surface area contributed by atoms with Crippen molar-refractivity contribution < 1.29 is 5.48 Å². The molecule has 0 bridgehead atoms. The molecule has 11 heavy (non-hydrogen) atoms. The fraction of sp³-hybridized carbons (Fsp3) is 1.00. The Morgan fingerprint density at radius 2 is 1.82 bits per heavy atom. The van der Waals surface area contributed by atoms with Gasteiger partial charge in [-0.2, -0.15) is 11.1 Å². The summed E-state index contributed by atoms with van der Waals surface area (Å²) >= 11 is 6.50. The van der Waals surface area contributed by atoms with Crippen molar-refractivity contribution >= 4 is 18.5 Å². The van der Waals surface area contributed by atoms with Gasteiger partial charge in [0.1, 0.15) is 0 Å². The Labute approximate surface area is 75.2 Å². The van der Waals surface area contributed by atoms with Gasteiger partial charge in [0.15, 0.2) is 7.38 Å². The topological polar surface area (TPSA) is 31.5 Å². The van der Waals surface area contributed by atoms with Gasteiger partial charge >= 0.3 is 0 Å². The quantitative estimate of drug-likeness (QED) is 0.420. The zero-order chi connectivity index (χ0) is 7.83. The monoisotopic (exact) mass is 194 g/mol.